The molecule has 0 atom stereocenters. The molecule has 2 aliphatic rings. The molecule has 1 N–H and O–H groups in total. The zero-order chi connectivity index (χ0) is 17.9. The molecule has 6 nitrogen and oxygen atoms in total. The van der Waals surface area contributed by atoms with E-state index in [0.717, 1.165) is 55.2 Å². The van der Waals surface area contributed by atoms with Crippen molar-refractivity contribution in [3.8, 4) is 11.5 Å². The van der Waals surface area contributed by atoms with Crippen molar-refractivity contribution >= 4 is 30.7 Å². The Kier molecular flexibility index (Phi) is 6.37. The van der Waals surface area contributed by atoms with Gasteiger partial charge in [0.25, 0.3) is 0 Å². The van der Waals surface area contributed by atoms with Crippen LogP contribution in [0.25, 0.3) is 4.85 Å². The van der Waals surface area contributed by atoms with Gasteiger partial charge in [-0.05, 0) is 40.9 Å². The highest BCUT2D eigenvalue weighted by molar-refractivity contribution is 6.61. The van der Waals surface area contributed by atoms with E-state index in [1.807, 2.05) is 30.3 Å². The van der Waals surface area contributed by atoms with E-state index in [9.17, 15) is 5.02 Å². The second-order valence-electron chi connectivity index (χ2n) is 6.42. The Balaban J connectivity index is 0.00000210. The van der Waals surface area contributed by atoms with Gasteiger partial charge in [-0.3, -0.25) is 4.90 Å². The Morgan fingerprint density at radius 3 is 2.78 bits per heavy atom. The van der Waals surface area contributed by atoms with Gasteiger partial charge in [-0.2, -0.15) is 0 Å². The van der Waals surface area contributed by atoms with Crippen LogP contribution in [0, 0.1) is 6.57 Å². The predicted molar refractivity (Wildman–Crippen MR) is 105 cm³/mol. The minimum absolute atomic E-state index is 0. The second kappa shape index (κ2) is 8.74. The highest BCUT2D eigenvalue weighted by Gasteiger charge is 2.27. The average Bonchev–Trinajstić information content (AvgIpc) is 3.04. The maximum absolute atomic E-state index is 9.74. The molecule has 0 aliphatic carbocycles. The van der Waals surface area contributed by atoms with Crippen LogP contribution in [0.2, 0.25) is 0 Å². The number of hydrogen-bond acceptors (Lipinski definition) is 5. The average molecular weight is 387 g/mol. The predicted octanol–water partition coefficient (Wildman–Crippen LogP) is 2.50. The van der Waals surface area contributed by atoms with Crippen molar-refractivity contribution in [1.82, 2.24) is 4.90 Å². The molecule has 2 aliphatic heterocycles. The van der Waals surface area contributed by atoms with Gasteiger partial charge in [0, 0.05) is 19.6 Å². The maximum atomic E-state index is 9.74. The molecule has 2 aromatic carbocycles. The van der Waals surface area contributed by atoms with Crippen LogP contribution in [0.1, 0.15) is 11.1 Å². The van der Waals surface area contributed by atoms with E-state index in [2.05, 4.69) is 9.74 Å². The number of benzene rings is 2. The summed E-state index contributed by atoms with van der Waals surface area (Å²) >= 11 is 0. The Hall–Kier alpha value is -2.08. The van der Waals surface area contributed by atoms with Crippen molar-refractivity contribution in [1.29, 1.82) is 0 Å². The summed E-state index contributed by atoms with van der Waals surface area (Å²) in [6.07, 6.45) is 0. The van der Waals surface area contributed by atoms with Crippen molar-refractivity contribution in [2.24, 2.45) is 0 Å². The monoisotopic (exact) mass is 386 g/mol. The van der Waals surface area contributed by atoms with Crippen LogP contribution >= 0.6 is 12.4 Å². The molecule has 2 heterocycles. The highest BCUT2D eigenvalue weighted by Crippen LogP contribution is 2.31. The molecule has 1 fully saturated rings. The third-order valence-electron chi connectivity index (χ3n) is 4.68. The summed E-state index contributed by atoms with van der Waals surface area (Å²) in [7, 11) is -0.853. The van der Waals surface area contributed by atoms with Crippen LogP contribution in [-0.4, -0.2) is 43.3 Å². The number of fused-ring (bicyclic) bond motifs is 1. The number of morpholine rings is 1. The molecule has 4 rings (SSSR count). The number of nitrogens with zero attached hydrogens (tertiary/aromatic N) is 2. The van der Waals surface area contributed by atoms with Crippen LogP contribution in [0.15, 0.2) is 36.4 Å². The number of rotatable bonds is 4. The van der Waals surface area contributed by atoms with E-state index in [1.54, 1.807) is 6.07 Å². The van der Waals surface area contributed by atoms with Crippen LogP contribution < -0.4 is 10.2 Å². The molecule has 1 saturated heterocycles. The minimum atomic E-state index is -0.853. The molecular formula is C19H20BClN2O4. The van der Waals surface area contributed by atoms with Gasteiger partial charge in [0.1, 0.15) is 11.5 Å². The summed E-state index contributed by atoms with van der Waals surface area (Å²) in [4.78, 5) is 5.83. The smallest absolute Gasteiger partial charge is 0.457 e. The van der Waals surface area contributed by atoms with Crippen molar-refractivity contribution in [3.05, 3.63) is 58.9 Å². The maximum Gasteiger partial charge on any atom is 0.491 e. The van der Waals surface area contributed by atoms with Gasteiger partial charge in [0.05, 0.1) is 26.4 Å². The van der Waals surface area contributed by atoms with Gasteiger partial charge < -0.3 is 19.2 Å². The Morgan fingerprint density at radius 2 is 2.00 bits per heavy atom. The fourth-order valence-electron chi connectivity index (χ4n) is 3.26. The Labute approximate surface area is 165 Å². The van der Waals surface area contributed by atoms with E-state index in [-0.39, 0.29) is 12.4 Å². The van der Waals surface area contributed by atoms with E-state index >= 15 is 0 Å². The molecule has 27 heavy (non-hydrogen) atoms. The first kappa shape index (κ1) is 19.7. The molecule has 0 aromatic heterocycles. The zero-order valence-corrected chi connectivity index (χ0v) is 15.6. The van der Waals surface area contributed by atoms with E-state index in [0.29, 0.717) is 18.0 Å². The Morgan fingerprint density at radius 1 is 1.19 bits per heavy atom. The molecule has 0 radical (unpaired) electrons. The van der Waals surface area contributed by atoms with Crippen LogP contribution in [0.5, 0.6) is 11.5 Å². The molecule has 140 valence electrons. The molecule has 0 saturated carbocycles. The summed E-state index contributed by atoms with van der Waals surface area (Å²) < 4.78 is 16.8. The zero-order valence-electron chi connectivity index (χ0n) is 14.8. The lowest BCUT2D eigenvalue weighted by atomic mass is 9.80. The molecule has 8 heteroatoms. The summed E-state index contributed by atoms with van der Waals surface area (Å²) in [5, 5.41) is 9.74. The molecule has 0 amide bonds. The fourth-order valence-corrected chi connectivity index (χ4v) is 3.26. The lowest BCUT2D eigenvalue weighted by Crippen LogP contribution is -2.35. The van der Waals surface area contributed by atoms with Crippen LogP contribution in [0.4, 0.5) is 5.69 Å². The van der Waals surface area contributed by atoms with E-state index < -0.39 is 7.12 Å². The van der Waals surface area contributed by atoms with Gasteiger partial charge >= 0.3 is 7.12 Å². The highest BCUT2D eigenvalue weighted by atomic mass is 35.5. The van der Waals surface area contributed by atoms with Crippen molar-refractivity contribution in [2.45, 2.75) is 13.2 Å². The lowest BCUT2D eigenvalue weighted by Gasteiger charge is -2.27. The molecular weight excluding hydrogens is 366 g/mol. The molecule has 0 bridgehead atoms. The first-order valence-electron chi connectivity index (χ1n) is 8.64. The minimum Gasteiger partial charge on any atom is -0.457 e. The number of ether oxygens (including phenoxy) is 2. The van der Waals surface area contributed by atoms with Gasteiger partial charge in [0.2, 0.25) is 0 Å². The first-order chi connectivity index (χ1) is 12.7. The SMILES string of the molecule is Cl.[C-]#[N+]c1ccc(Oc2ccc3c(c2)COB3O)c(CN2CCOCC2)c1. The van der Waals surface area contributed by atoms with Gasteiger partial charge in [-0.1, -0.05) is 12.1 Å². The van der Waals surface area contributed by atoms with Crippen molar-refractivity contribution in [2.75, 3.05) is 26.3 Å². The lowest BCUT2D eigenvalue weighted by molar-refractivity contribution is 0.0339. The van der Waals surface area contributed by atoms with Gasteiger partial charge in [0.15, 0.2) is 5.69 Å². The van der Waals surface area contributed by atoms with Gasteiger partial charge in [-0.15, -0.1) is 12.4 Å². The fraction of sp³-hybridized carbons (Fsp3) is 0.316. The summed E-state index contributed by atoms with van der Waals surface area (Å²) in [5.74, 6) is 1.43. The standard InChI is InChI=1S/C19H19BN2O4.ClH/c1-21-16-2-5-19(14(10-16)12-22-6-8-24-9-7-22)26-17-3-4-18-15(11-17)13-25-20(18)23;/h2-5,10-11,23H,6-9,12-13H2;1H. The van der Waals surface area contributed by atoms with Crippen molar-refractivity contribution in [3.63, 3.8) is 0 Å². The summed E-state index contributed by atoms with van der Waals surface area (Å²) in [5.41, 5.74) is 3.31. The van der Waals surface area contributed by atoms with Crippen LogP contribution in [0.3, 0.4) is 0 Å². The third kappa shape index (κ3) is 4.43. The first-order valence-corrected chi connectivity index (χ1v) is 8.64. The van der Waals surface area contributed by atoms with Crippen LogP contribution in [-0.2, 0) is 22.5 Å². The summed E-state index contributed by atoms with van der Waals surface area (Å²) in [6.45, 7) is 11.6. The number of halogens is 1. The quantitative estimate of drug-likeness (QED) is 0.646. The molecule has 0 unspecified atom stereocenters. The topological polar surface area (TPSA) is 55.5 Å². The largest absolute Gasteiger partial charge is 0.491 e. The van der Waals surface area contributed by atoms with E-state index in [4.69, 9.17) is 20.7 Å². The summed E-state index contributed by atoms with van der Waals surface area (Å²) in [6, 6.07) is 11.1. The third-order valence-corrected chi connectivity index (χ3v) is 4.68. The van der Waals surface area contributed by atoms with E-state index in [1.165, 1.54) is 0 Å². The number of hydrogen-bond donors (Lipinski definition) is 1. The molecule has 2 aromatic rings. The molecule has 0 spiro atoms. The Bertz CT molecular complexity index is 852. The van der Waals surface area contributed by atoms with Crippen molar-refractivity contribution < 1.29 is 19.2 Å². The second-order valence-corrected chi connectivity index (χ2v) is 6.42. The van der Waals surface area contributed by atoms with Gasteiger partial charge in [-0.25, -0.2) is 4.85 Å². The normalized spacial score (nSPS) is 16.4.